The molecule has 0 aliphatic carbocycles. The van der Waals surface area contributed by atoms with Crippen LogP contribution in [0.3, 0.4) is 0 Å². The van der Waals surface area contributed by atoms with E-state index >= 15 is 0 Å². The molecule has 28 heavy (non-hydrogen) atoms. The normalized spacial score (nSPS) is 10.8. The standard InChI is InChI=1S/C23H21N3OS/c1-16-7-12-20-21(15-16)28-22(26-20)18-8-10-19(11-9-18)25-23(27)24-14-13-17-5-3-2-4-6-17/h2-12,15H,13-14H2,1H3,(H2,24,25,27). The van der Waals surface area contributed by atoms with Crippen LogP contribution in [0, 0.1) is 6.92 Å². The van der Waals surface area contributed by atoms with Gasteiger partial charge in [0.1, 0.15) is 5.01 Å². The third-order valence-electron chi connectivity index (χ3n) is 4.48. The first kappa shape index (κ1) is 18.2. The van der Waals surface area contributed by atoms with Gasteiger partial charge in [-0.25, -0.2) is 9.78 Å². The number of urea groups is 1. The van der Waals surface area contributed by atoms with Crippen molar-refractivity contribution in [1.82, 2.24) is 10.3 Å². The van der Waals surface area contributed by atoms with Crippen LogP contribution in [0.2, 0.25) is 0 Å². The zero-order chi connectivity index (χ0) is 19.3. The fraction of sp³-hybridized carbons (Fsp3) is 0.130. The molecule has 0 saturated heterocycles. The Bertz CT molecular complexity index is 1090. The van der Waals surface area contributed by atoms with Gasteiger partial charge in [0.15, 0.2) is 0 Å². The van der Waals surface area contributed by atoms with Crippen molar-refractivity contribution >= 4 is 33.3 Å². The molecule has 2 amide bonds. The van der Waals surface area contributed by atoms with Crippen LogP contribution in [0.25, 0.3) is 20.8 Å². The number of nitrogens with one attached hydrogen (secondary N) is 2. The van der Waals surface area contributed by atoms with E-state index in [1.54, 1.807) is 11.3 Å². The van der Waals surface area contributed by atoms with Crippen LogP contribution in [-0.2, 0) is 6.42 Å². The molecular weight excluding hydrogens is 366 g/mol. The van der Waals surface area contributed by atoms with Crippen molar-refractivity contribution in [1.29, 1.82) is 0 Å². The maximum absolute atomic E-state index is 12.1. The van der Waals surface area contributed by atoms with E-state index in [1.165, 1.54) is 15.8 Å². The van der Waals surface area contributed by atoms with Crippen molar-refractivity contribution < 1.29 is 4.79 Å². The molecule has 0 unspecified atom stereocenters. The van der Waals surface area contributed by atoms with Crippen molar-refractivity contribution in [3.05, 3.63) is 83.9 Å². The molecular formula is C23H21N3OS. The van der Waals surface area contributed by atoms with Crippen LogP contribution in [-0.4, -0.2) is 17.6 Å². The lowest BCUT2D eigenvalue weighted by atomic mass is 10.1. The second-order valence-electron chi connectivity index (χ2n) is 6.68. The van der Waals surface area contributed by atoms with Gasteiger partial charge in [0.2, 0.25) is 0 Å². The van der Waals surface area contributed by atoms with Crippen LogP contribution < -0.4 is 10.6 Å². The summed E-state index contributed by atoms with van der Waals surface area (Å²) in [5, 5.41) is 6.75. The van der Waals surface area contributed by atoms with Gasteiger partial charge in [0.05, 0.1) is 10.2 Å². The zero-order valence-electron chi connectivity index (χ0n) is 15.6. The second kappa shape index (κ2) is 8.23. The van der Waals surface area contributed by atoms with E-state index in [0.29, 0.717) is 6.54 Å². The highest BCUT2D eigenvalue weighted by molar-refractivity contribution is 7.21. The van der Waals surface area contributed by atoms with Gasteiger partial charge in [0.25, 0.3) is 0 Å². The second-order valence-corrected chi connectivity index (χ2v) is 7.71. The van der Waals surface area contributed by atoms with Gasteiger partial charge in [-0.3, -0.25) is 0 Å². The molecule has 0 aliphatic rings. The Labute approximate surface area is 168 Å². The maximum atomic E-state index is 12.1. The fourth-order valence-corrected chi connectivity index (χ4v) is 4.06. The van der Waals surface area contributed by atoms with E-state index in [-0.39, 0.29) is 6.03 Å². The largest absolute Gasteiger partial charge is 0.338 e. The predicted octanol–water partition coefficient (Wildman–Crippen LogP) is 5.64. The third-order valence-corrected chi connectivity index (χ3v) is 5.54. The first-order chi connectivity index (χ1) is 13.7. The van der Waals surface area contributed by atoms with E-state index in [4.69, 9.17) is 4.98 Å². The van der Waals surface area contributed by atoms with Crippen molar-refractivity contribution in [3.8, 4) is 10.6 Å². The molecule has 0 spiro atoms. The first-order valence-electron chi connectivity index (χ1n) is 9.24. The number of anilines is 1. The van der Waals surface area contributed by atoms with E-state index < -0.39 is 0 Å². The molecule has 0 bridgehead atoms. The Hall–Kier alpha value is -3.18. The molecule has 0 radical (unpaired) electrons. The number of amides is 2. The van der Waals surface area contributed by atoms with Gasteiger partial charge < -0.3 is 10.6 Å². The monoisotopic (exact) mass is 387 g/mol. The SMILES string of the molecule is Cc1ccc2nc(-c3ccc(NC(=O)NCCc4ccccc4)cc3)sc2c1. The third kappa shape index (κ3) is 4.38. The quantitative estimate of drug-likeness (QED) is 0.466. The summed E-state index contributed by atoms with van der Waals surface area (Å²) in [7, 11) is 0. The summed E-state index contributed by atoms with van der Waals surface area (Å²) in [6, 6.07) is 24.0. The number of nitrogens with zero attached hydrogens (tertiary/aromatic N) is 1. The highest BCUT2D eigenvalue weighted by Gasteiger charge is 2.07. The summed E-state index contributed by atoms with van der Waals surface area (Å²) >= 11 is 1.68. The van der Waals surface area contributed by atoms with Crippen LogP contribution in [0.1, 0.15) is 11.1 Å². The summed E-state index contributed by atoms with van der Waals surface area (Å²) in [5.74, 6) is 0. The summed E-state index contributed by atoms with van der Waals surface area (Å²) in [5.41, 5.74) is 5.27. The van der Waals surface area contributed by atoms with Crippen molar-refractivity contribution in [3.63, 3.8) is 0 Å². The molecule has 4 aromatic rings. The van der Waals surface area contributed by atoms with Crippen molar-refractivity contribution in [2.45, 2.75) is 13.3 Å². The van der Waals surface area contributed by atoms with Gasteiger partial charge in [0, 0.05) is 17.8 Å². The number of benzene rings is 3. The molecule has 4 rings (SSSR count). The summed E-state index contributed by atoms with van der Waals surface area (Å²) in [6.45, 7) is 2.68. The van der Waals surface area contributed by atoms with Crippen molar-refractivity contribution in [2.75, 3.05) is 11.9 Å². The van der Waals surface area contributed by atoms with E-state index in [0.717, 1.165) is 28.2 Å². The number of hydrogen-bond acceptors (Lipinski definition) is 3. The Kier molecular flexibility index (Phi) is 5.35. The minimum absolute atomic E-state index is 0.195. The lowest BCUT2D eigenvalue weighted by Crippen LogP contribution is -2.30. The number of carbonyl (C=O) groups excluding carboxylic acids is 1. The lowest BCUT2D eigenvalue weighted by molar-refractivity contribution is 0.252. The summed E-state index contributed by atoms with van der Waals surface area (Å²) in [4.78, 5) is 16.8. The molecule has 0 atom stereocenters. The smallest absolute Gasteiger partial charge is 0.319 e. The minimum Gasteiger partial charge on any atom is -0.338 e. The predicted molar refractivity (Wildman–Crippen MR) is 117 cm³/mol. The highest BCUT2D eigenvalue weighted by Crippen LogP contribution is 2.31. The van der Waals surface area contributed by atoms with Crippen molar-refractivity contribution in [2.24, 2.45) is 0 Å². The number of carbonyl (C=O) groups is 1. The fourth-order valence-electron chi connectivity index (χ4n) is 2.99. The Morgan fingerprint density at radius 3 is 2.57 bits per heavy atom. The number of aryl methyl sites for hydroxylation is 1. The molecule has 3 aromatic carbocycles. The van der Waals surface area contributed by atoms with Crippen LogP contribution >= 0.6 is 11.3 Å². The molecule has 1 aromatic heterocycles. The topological polar surface area (TPSA) is 54.0 Å². The van der Waals surface area contributed by atoms with Gasteiger partial charge in [-0.15, -0.1) is 11.3 Å². The molecule has 2 N–H and O–H groups in total. The molecule has 0 aliphatic heterocycles. The highest BCUT2D eigenvalue weighted by atomic mass is 32.1. The van der Waals surface area contributed by atoms with Crippen LogP contribution in [0.4, 0.5) is 10.5 Å². The summed E-state index contributed by atoms with van der Waals surface area (Å²) in [6.07, 6.45) is 0.810. The van der Waals surface area contributed by atoms with Gasteiger partial charge in [-0.2, -0.15) is 0 Å². The molecule has 0 fully saturated rings. The molecule has 4 nitrogen and oxygen atoms in total. The van der Waals surface area contributed by atoms with Crippen LogP contribution in [0.5, 0.6) is 0 Å². The van der Waals surface area contributed by atoms with Gasteiger partial charge >= 0.3 is 6.03 Å². The molecule has 0 saturated carbocycles. The summed E-state index contributed by atoms with van der Waals surface area (Å²) < 4.78 is 1.19. The molecule has 140 valence electrons. The maximum Gasteiger partial charge on any atom is 0.319 e. The average Bonchev–Trinajstić information content (AvgIpc) is 3.12. The zero-order valence-corrected chi connectivity index (χ0v) is 16.4. The average molecular weight is 388 g/mol. The number of rotatable bonds is 5. The number of fused-ring (bicyclic) bond motifs is 1. The van der Waals surface area contributed by atoms with Crippen LogP contribution in [0.15, 0.2) is 72.8 Å². The lowest BCUT2D eigenvalue weighted by Gasteiger charge is -2.08. The number of hydrogen-bond donors (Lipinski definition) is 2. The van der Waals surface area contributed by atoms with E-state index in [9.17, 15) is 4.79 Å². The first-order valence-corrected chi connectivity index (χ1v) is 10.1. The minimum atomic E-state index is -0.195. The van der Waals surface area contributed by atoms with E-state index in [2.05, 4.69) is 47.9 Å². The Morgan fingerprint density at radius 1 is 1.00 bits per heavy atom. The van der Waals surface area contributed by atoms with Gasteiger partial charge in [-0.05, 0) is 60.9 Å². The number of aromatic nitrogens is 1. The molecule has 1 heterocycles. The Morgan fingerprint density at radius 2 is 1.79 bits per heavy atom. The van der Waals surface area contributed by atoms with E-state index in [1.807, 2.05) is 42.5 Å². The van der Waals surface area contributed by atoms with Gasteiger partial charge in [-0.1, -0.05) is 36.4 Å². The number of thiazole rings is 1. The molecule has 5 heteroatoms. The Balaban J connectivity index is 1.35.